The molecule has 21 heavy (non-hydrogen) atoms. The molecule has 7 nitrogen and oxygen atoms in total. The van der Waals surface area contributed by atoms with Crippen molar-refractivity contribution in [2.75, 3.05) is 7.11 Å². The molecule has 0 bridgehead atoms. The zero-order valence-corrected chi connectivity index (χ0v) is 11.2. The number of aromatic nitrogens is 5. The lowest BCUT2D eigenvalue weighted by atomic mass is 10.2. The highest BCUT2D eigenvalue weighted by atomic mass is 16.5. The van der Waals surface area contributed by atoms with Crippen molar-refractivity contribution < 1.29 is 9.53 Å². The molecule has 3 aromatic heterocycles. The van der Waals surface area contributed by atoms with Crippen LogP contribution in [0.2, 0.25) is 0 Å². The summed E-state index contributed by atoms with van der Waals surface area (Å²) < 4.78 is 6.26. The number of hydrogen-bond donors (Lipinski definition) is 0. The summed E-state index contributed by atoms with van der Waals surface area (Å²) in [5, 5.41) is 12.1. The van der Waals surface area contributed by atoms with Gasteiger partial charge in [-0.05, 0) is 30.3 Å². The van der Waals surface area contributed by atoms with E-state index in [-0.39, 0.29) is 5.69 Å². The highest BCUT2D eigenvalue weighted by Gasteiger charge is 2.17. The lowest BCUT2D eigenvalue weighted by Gasteiger charge is -2.04. The molecule has 3 rings (SSSR count). The second-order valence-corrected chi connectivity index (χ2v) is 4.14. The monoisotopic (exact) mass is 281 g/mol. The Bertz CT molecular complexity index is 699. The summed E-state index contributed by atoms with van der Waals surface area (Å²) >= 11 is 0. The Morgan fingerprint density at radius 2 is 2.00 bits per heavy atom. The number of methoxy groups -OCH3 is 1. The lowest BCUT2D eigenvalue weighted by Crippen LogP contribution is -2.06. The van der Waals surface area contributed by atoms with E-state index in [9.17, 15) is 4.79 Å². The van der Waals surface area contributed by atoms with Crippen LogP contribution in [0, 0.1) is 0 Å². The van der Waals surface area contributed by atoms with Gasteiger partial charge in [0, 0.05) is 24.2 Å². The summed E-state index contributed by atoms with van der Waals surface area (Å²) in [7, 11) is 1.32. The maximum Gasteiger partial charge on any atom is 0.358 e. The molecule has 0 radical (unpaired) electrons. The molecule has 0 unspecified atom stereocenters. The van der Waals surface area contributed by atoms with Crippen LogP contribution in [-0.4, -0.2) is 38.0 Å². The lowest BCUT2D eigenvalue weighted by molar-refractivity contribution is 0.0593. The molecule has 0 fully saturated rings. The first-order chi connectivity index (χ1) is 10.3. The van der Waals surface area contributed by atoms with Gasteiger partial charge in [0.25, 0.3) is 0 Å². The summed E-state index contributed by atoms with van der Waals surface area (Å²) in [5.74, 6) is 0.00686. The van der Waals surface area contributed by atoms with Gasteiger partial charge in [-0.2, -0.15) is 10.2 Å². The minimum atomic E-state index is -0.507. The van der Waals surface area contributed by atoms with Crippen LogP contribution in [0.1, 0.15) is 10.5 Å². The van der Waals surface area contributed by atoms with Gasteiger partial charge >= 0.3 is 5.97 Å². The van der Waals surface area contributed by atoms with Crippen molar-refractivity contribution in [2.45, 2.75) is 0 Å². The van der Waals surface area contributed by atoms with Crippen LogP contribution in [0.25, 0.3) is 17.1 Å². The quantitative estimate of drug-likeness (QED) is 0.677. The van der Waals surface area contributed by atoms with Gasteiger partial charge in [-0.3, -0.25) is 4.98 Å². The number of carbonyl (C=O) groups is 1. The van der Waals surface area contributed by atoms with Crippen LogP contribution >= 0.6 is 0 Å². The van der Waals surface area contributed by atoms with E-state index < -0.39 is 5.97 Å². The number of esters is 1. The Kier molecular flexibility index (Phi) is 3.38. The number of nitrogens with zero attached hydrogens (tertiary/aromatic N) is 5. The van der Waals surface area contributed by atoms with E-state index in [1.807, 2.05) is 12.1 Å². The molecule has 0 aromatic carbocycles. The number of carbonyl (C=O) groups excluding carboxylic acids is 1. The standard InChI is InChI=1S/C14H11N5O2/c1-21-14(20)11-9-12(10-4-7-15-8-5-10)19(18-11)13-3-2-6-16-17-13/h2-9H,1H3. The number of ether oxygens (including phenoxy) is 1. The predicted molar refractivity (Wildman–Crippen MR) is 73.7 cm³/mol. The molecule has 3 heterocycles. The summed E-state index contributed by atoms with van der Waals surface area (Å²) in [5.41, 5.74) is 1.77. The van der Waals surface area contributed by atoms with Gasteiger partial charge < -0.3 is 4.74 Å². The number of rotatable bonds is 3. The summed E-state index contributed by atoms with van der Waals surface area (Å²) in [6.07, 6.45) is 4.91. The number of hydrogen-bond acceptors (Lipinski definition) is 6. The van der Waals surface area contributed by atoms with E-state index in [0.717, 1.165) is 5.56 Å². The van der Waals surface area contributed by atoms with E-state index in [0.29, 0.717) is 11.5 Å². The number of pyridine rings is 1. The van der Waals surface area contributed by atoms with Crippen LogP contribution in [-0.2, 0) is 4.74 Å². The maximum atomic E-state index is 11.7. The third kappa shape index (κ3) is 2.48. The minimum absolute atomic E-state index is 0.204. The molecule has 104 valence electrons. The highest BCUT2D eigenvalue weighted by Crippen LogP contribution is 2.22. The topological polar surface area (TPSA) is 82.8 Å². The molecule has 0 aliphatic carbocycles. The van der Waals surface area contributed by atoms with Crippen molar-refractivity contribution in [3.8, 4) is 17.1 Å². The summed E-state index contributed by atoms with van der Waals surface area (Å²) in [4.78, 5) is 15.7. The minimum Gasteiger partial charge on any atom is -0.464 e. The Hall–Kier alpha value is -3.09. The average Bonchev–Trinajstić information content (AvgIpc) is 3.01. The summed E-state index contributed by atoms with van der Waals surface area (Å²) in [6.45, 7) is 0. The van der Waals surface area contributed by atoms with E-state index in [1.54, 1.807) is 41.5 Å². The fraction of sp³-hybridized carbons (Fsp3) is 0.0714. The van der Waals surface area contributed by atoms with Gasteiger partial charge in [0.2, 0.25) is 0 Å². The second kappa shape index (κ2) is 5.49. The van der Waals surface area contributed by atoms with Gasteiger partial charge in [0.15, 0.2) is 11.5 Å². The first-order valence-electron chi connectivity index (χ1n) is 6.16. The van der Waals surface area contributed by atoms with Gasteiger partial charge in [0.1, 0.15) is 0 Å². The Morgan fingerprint density at radius 1 is 1.19 bits per heavy atom. The van der Waals surface area contributed by atoms with Gasteiger partial charge in [-0.25, -0.2) is 9.48 Å². The van der Waals surface area contributed by atoms with Crippen molar-refractivity contribution in [1.29, 1.82) is 0 Å². The second-order valence-electron chi connectivity index (χ2n) is 4.14. The van der Waals surface area contributed by atoms with Crippen LogP contribution in [0.3, 0.4) is 0 Å². The van der Waals surface area contributed by atoms with Gasteiger partial charge in [0.05, 0.1) is 12.8 Å². The van der Waals surface area contributed by atoms with Crippen LogP contribution < -0.4 is 0 Å². The molecule has 0 spiro atoms. The molecule has 7 heteroatoms. The Balaban J connectivity index is 2.18. The Morgan fingerprint density at radius 3 is 2.67 bits per heavy atom. The summed E-state index contributed by atoms with van der Waals surface area (Å²) in [6, 6.07) is 8.80. The smallest absolute Gasteiger partial charge is 0.358 e. The van der Waals surface area contributed by atoms with E-state index in [2.05, 4.69) is 20.3 Å². The Labute approximate surface area is 120 Å². The van der Waals surface area contributed by atoms with Crippen molar-refractivity contribution in [3.63, 3.8) is 0 Å². The molecular formula is C14H11N5O2. The maximum absolute atomic E-state index is 11.7. The van der Waals surface area contributed by atoms with E-state index in [1.165, 1.54) is 7.11 Å². The first kappa shape index (κ1) is 12.9. The van der Waals surface area contributed by atoms with Gasteiger partial charge in [-0.1, -0.05) is 0 Å². The van der Waals surface area contributed by atoms with Crippen molar-refractivity contribution in [2.24, 2.45) is 0 Å². The third-order valence-electron chi connectivity index (χ3n) is 2.86. The van der Waals surface area contributed by atoms with E-state index >= 15 is 0 Å². The van der Waals surface area contributed by atoms with E-state index in [4.69, 9.17) is 4.74 Å². The molecule has 0 atom stereocenters. The molecule has 0 N–H and O–H groups in total. The predicted octanol–water partition coefficient (Wildman–Crippen LogP) is 1.51. The average molecular weight is 281 g/mol. The zero-order chi connectivity index (χ0) is 14.7. The first-order valence-corrected chi connectivity index (χ1v) is 6.16. The molecule has 0 aliphatic heterocycles. The SMILES string of the molecule is COC(=O)c1cc(-c2ccncc2)n(-c2cccnn2)n1. The molecular weight excluding hydrogens is 270 g/mol. The fourth-order valence-electron chi connectivity index (χ4n) is 1.89. The van der Waals surface area contributed by atoms with Crippen LogP contribution in [0.15, 0.2) is 48.9 Å². The van der Waals surface area contributed by atoms with Crippen molar-refractivity contribution in [3.05, 3.63) is 54.6 Å². The third-order valence-corrected chi connectivity index (χ3v) is 2.86. The zero-order valence-electron chi connectivity index (χ0n) is 11.2. The van der Waals surface area contributed by atoms with Crippen LogP contribution in [0.4, 0.5) is 0 Å². The normalized spacial score (nSPS) is 10.3. The van der Waals surface area contributed by atoms with Gasteiger partial charge in [-0.15, -0.1) is 5.10 Å². The van der Waals surface area contributed by atoms with Crippen molar-refractivity contribution in [1.82, 2.24) is 25.0 Å². The van der Waals surface area contributed by atoms with Crippen LogP contribution in [0.5, 0.6) is 0 Å². The van der Waals surface area contributed by atoms with Crippen molar-refractivity contribution >= 4 is 5.97 Å². The molecule has 0 saturated carbocycles. The highest BCUT2D eigenvalue weighted by molar-refractivity contribution is 5.88. The fourth-order valence-corrected chi connectivity index (χ4v) is 1.89. The molecule has 0 aliphatic rings. The molecule has 0 saturated heterocycles. The molecule has 3 aromatic rings. The largest absolute Gasteiger partial charge is 0.464 e. The molecule has 0 amide bonds.